The maximum atomic E-state index is 13.1. The predicted octanol–water partition coefficient (Wildman–Crippen LogP) is 2.60. The zero-order valence-corrected chi connectivity index (χ0v) is 14.0. The van der Waals surface area contributed by atoms with E-state index in [0.29, 0.717) is 23.4 Å². The van der Waals surface area contributed by atoms with Gasteiger partial charge in [0.25, 0.3) is 5.91 Å². The van der Waals surface area contributed by atoms with Crippen LogP contribution in [0.4, 0.5) is 0 Å². The normalized spacial score (nSPS) is 21.8. The fourth-order valence-electron chi connectivity index (χ4n) is 4.01. The summed E-state index contributed by atoms with van der Waals surface area (Å²) in [5, 5.41) is 7.78. The highest BCUT2D eigenvalue weighted by Gasteiger charge is 2.44. The minimum Gasteiger partial charge on any atom is -0.355 e. The molecule has 0 saturated carbocycles. The Labute approximate surface area is 149 Å². The average Bonchev–Trinajstić information content (AvgIpc) is 3.25. The molecule has 2 atom stereocenters. The molecular weight excluding hydrogens is 330 g/mol. The third-order valence-electron chi connectivity index (χ3n) is 5.31. The quantitative estimate of drug-likeness (QED) is 0.773. The topological polar surface area (TPSA) is 75.4 Å². The molecule has 1 N–H and O–H groups in total. The Bertz CT molecular complexity index is 1010. The molecule has 130 valence electrons. The van der Waals surface area contributed by atoms with E-state index in [9.17, 15) is 9.59 Å². The molecule has 2 amide bonds. The van der Waals surface area contributed by atoms with Gasteiger partial charge in [0.15, 0.2) is 5.76 Å². The Kier molecular flexibility index (Phi) is 3.31. The van der Waals surface area contributed by atoms with Crippen molar-refractivity contribution in [3.63, 3.8) is 0 Å². The van der Waals surface area contributed by atoms with Gasteiger partial charge in [-0.2, -0.15) is 0 Å². The second-order valence-electron chi connectivity index (χ2n) is 6.81. The molecule has 2 aromatic carbocycles. The van der Waals surface area contributed by atoms with Gasteiger partial charge in [0.1, 0.15) is 11.6 Å². The molecule has 2 fully saturated rings. The van der Waals surface area contributed by atoms with E-state index in [1.807, 2.05) is 36.4 Å². The minimum absolute atomic E-state index is 0.0527. The van der Waals surface area contributed by atoms with Crippen molar-refractivity contribution in [3.05, 3.63) is 54.1 Å². The minimum atomic E-state index is -0.354. The second-order valence-corrected chi connectivity index (χ2v) is 6.81. The fraction of sp³-hybridized carbons (Fsp3) is 0.250. The van der Waals surface area contributed by atoms with Crippen LogP contribution < -0.4 is 5.32 Å². The summed E-state index contributed by atoms with van der Waals surface area (Å²) in [6.07, 6.45) is 1.59. The molecule has 0 aliphatic carbocycles. The number of fused-ring (bicyclic) bond motifs is 3. The number of amides is 2. The van der Waals surface area contributed by atoms with Crippen molar-refractivity contribution in [2.24, 2.45) is 0 Å². The van der Waals surface area contributed by atoms with E-state index in [1.54, 1.807) is 17.0 Å². The van der Waals surface area contributed by atoms with Crippen LogP contribution in [0.1, 0.15) is 23.2 Å². The van der Waals surface area contributed by atoms with Gasteiger partial charge in [-0.05, 0) is 31.0 Å². The number of benzene rings is 2. The van der Waals surface area contributed by atoms with Crippen molar-refractivity contribution < 1.29 is 14.1 Å². The van der Waals surface area contributed by atoms with Crippen molar-refractivity contribution in [1.29, 1.82) is 0 Å². The van der Waals surface area contributed by atoms with Gasteiger partial charge in [-0.15, -0.1) is 0 Å². The lowest BCUT2D eigenvalue weighted by Gasteiger charge is -2.34. The van der Waals surface area contributed by atoms with E-state index in [2.05, 4.69) is 10.5 Å². The smallest absolute Gasteiger partial charge is 0.254 e. The van der Waals surface area contributed by atoms with Crippen LogP contribution in [-0.2, 0) is 4.79 Å². The Morgan fingerprint density at radius 2 is 2.00 bits per heavy atom. The summed E-state index contributed by atoms with van der Waals surface area (Å²) in [6, 6.07) is 14.8. The van der Waals surface area contributed by atoms with E-state index >= 15 is 0 Å². The highest BCUT2D eigenvalue weighted by Crippen LogP contribution is 2.32. The summed E-state index contributed by atoms with van der Waals surface area (Å²) in [7, 11) is 0. The van der Waals surface area contributed by atoms with Gasteiger partial charge in [-0.3, -0.25) is 9.59 Å². The van der Waals surface area contributed by atoms with E-state index < -0.39 is 0 Å². The van der Waals surface area contributed by atoms with Crippen LogP contribution in [0.5, 0.6) is 0 Å². The van der Waals surface area contributed by atoms with Crippen LogP contribution in [-0.4, -0.2) is 40.5 Å². The molecule has 2 aliphatic rings. The number of rotatable bonds is 2. The SMILES string of the molecule is O=C1NCC2CCC1N2C(=O)c1ccc2noc(-c3ccccc3)c2c1. The van der Waals surface area contributed by atoms with Gasteiger partial charge in [-0.1, -0.05) is 35.5 Å². The Morgan fingerprint density at radius 1 is 1.15 bits per heavy atom. The van der Waals surface area contributed by atoms with Crippen molar-refractivity contribution in [2.45, 2.75) is 24.9 Å². The number of aromatic nitrogens is 1. The lowest BCUT2D eigenvalue weighted by Crippen LogP contribution is -2.57. The van der Waals surface area contributed by atoms with Crippen LogP contribution in [0.15, 0.2) is 53.1 Å². The van der Waals surface area contributed by atoms with Gasteiger partial charge in [0.2, 0.25) is 5.91 Å². The summed E-state index contributed by atoms with van der Waals surface area (Å²) in [5.41, 5.74) is 2.18. The van der Waals surface area contributed by atoms with Gasteiger partial charge >= 0.3 is 0 Å². The molecule has 2 bridgehead atoms. The average molecular weight is 347 g/mol. The summed E-state index contributed by atoms with van der Waals surface area (Å²) < 4.78 is 5.51. The molecular formula is C20H17N3O3. The molecule has 2 saturated heterocycles. The molecule has 5 rings (SSSR count). The first-order valence-electron chi connectivity index (χ1n) is 8.77. The zero-order valence-electron chi connectivity index (χ0n) is 14.0. The molecule has 2 unspecified atom stereocenters. The largest absolute Gasteiger partial charge is 0.355 e. The first-order valence-corrected chi connectivity index (χ1v) is 8.77. The summed E-state index contributed by atoms with van der Waals surface area (Å²) >= 11 is 0. The molecule has 3 heterocycles. The van der Waals surface area contributed by atoms with Crippen LogP contribution in [0.25, 0.3) is 22.2 Å². The lowest BCUT2D eigenvalue weighted by molar-refractivity contribution is -0.127. The monoisotopic (exact) mass is 347 g/mol. The first-order chi connectivity index (χ1) is 12.7. The van der Waals surface area contributed by atoms with E-state index in [1.165, 1.54) is 0 Å². The van der Waals surface area contributed by atoms with Crippen molar-refractivity contribution in [3.8, 4) is 11.3 Å². The first kappa shape index (κ1) is 15.1. The van der Waals surface area contributed by atoms with Crippen LogP contribution in [0.3, 0.4) is 0 Å². The number of piperazine rings is 1. The molecule has 6 nitrogen and oxygen atoms in total. The van der Waals surface area contributed by atoms with Gasteiger partial charge in [0, 0.05) is 17.7 Å². The molecule has 0 radical (unpaired) electrons. The Morgan fingerprint density at radius 3 is 2.85 bits per heavy atom. The van der Waals surface area contributed by atoms with Gasteiger partial charge < -0.3 is 14.7 Å². The maximum absolute atomic E-state index is 13.1. The third kappa shape index (κ3) is 2.22. The Hall–Kier alpha value is -3.15. The Balaban J connectivity index is 1.56. The molecule has 0 spiro atoms. The maximum Gasteiger partial charge on any atom is 0.254 e. The molecule has 26 heavy (non-hydrogen) atoms. The summed E-state index contributed by atoms with van der Waals surface area (Å²) in [6.45, 7) is 0.534. The summed E-state index contributed by atoms with van der Waals surface area (Å²) in [4.78, 5) is 26.9. The fourth-order valence-corrected chi connectivity index (χ4v) is 4.01. The number of nitrogens with one attached hydrogen (secondary N) is 1. The number of hydrogen-bond donors (Lipinski definition) is 1. The number of carbonyl (C=O) groups excluding carboxylic acids is 2. The number of carbonyl (C=O) groups is 2. The zero-order chi connectivity index (χ0) is 17.7. The molecule has 3 aromatic rings. The van der Waals surface area contributed by atoms with Gasteiger partial charge in [-0.25, -0.2) is 0 Å². The molecule has 2 aliphatic heterocycles. The van der Waals surface area contributed by atoms with Crippen LogP contribution in [0.2, 0.25) is 0 Å². The lowest BCUT2D eigenvalue weighted by atomic mass is 10.0. The van der Waals surface area contributed by atoms with Crippen molar-refractivity contribution in [2.75, 3.05) is 6.54 Å². The highest BCUT2D eigenvalue weighted by atomic mass is 16.5. The van der Waals surface area contributed by atoms with Crippen LogP contribution >= 0.6 is 0 Å². The second kappa shape index (κ2) is 5.69. The van der Waals surface area contributed by atoms with E-state index in [-0.39, 0.29) is 23.9 Å². The summed E-state index contributed by atoms with van der Waals surface area (Å²) in [5.74, 6) is 0.493. The molecule has 6 heteroatoms. The van der Waals surface area contributed by atoms with E-state index in [0.717, 1.165) is 23.8 Å². The third-order valence-corrected chi connectivity index (χ3v) is 5.31. The van der Waals surface area contributed by atoms with Gasteiger partial charge in [0.05, 0.1) is 11.4 Å². The predicted molar refractivity (Wildman–Crippen MR) is 95.4 cm³/mol. The number of nitrogens with zero attached hydrogens (tertiary/aromatic N) is 2. The van der Waals surface area contributed by atoms with E-state index in [4.69, 9.17) is 4.52 Å². The van der Waals surface area contributed by atoms with Crippen molar-refractivity contribution >= 4 is 22.7 Å². The highest BCUT2D eigenvalue weighted by molar-refractivity contribution is 6.03. The van der Waals surface area contributed by atoms with Crippen LogP contribution in [0, 0.1) is 0 Å². The molecule has 1 aromatic heterocycles. The van der Waals surface area contributed by atoms with Crippen molar-refractivity contribution in [1.82, 2.24) is 15.4 Å². The standard InChI is InChI=1S/C20H17N3O3/c24-19-17-9-7-14(11-21-19)23(17)20(25)13-6-8-16-15(10-13)18(26-22-16)12-4-2-1-3-5-12/h1-6,8,10,14,17H,7,9,11H2,(H,21,24). The number of hydrogen-bond acceptors (Lipinski definition) is 4.